The van der Waals surface area contributed by atoms with Crippen molar-refractivity contribution in [2.75, 3.05) is 6.16 Å². The summed E-state index contributed by atoms with van der Waals surface area (Å²) in [5.41, 5.74) is 2.56. The molecule has 3 aromatic rings. The summed E-state index contributed by atoms with van der Waals surface area (Å²) in [6.45, 7) is 1.93. The molecule has 3 rings (SSSR count). The van der Waals surface area contributed by atoms with Crippen molar-refractivity contribution >= 4 is 18.3 Å². The van der Waals surface area contributed by atoms with E-state index in [1.165, 1.54) is 6.07 Å². The van der Waals surface area contributed by atoms with Gasteiger partial charge in [0, 0.05) is 17.6 Å². The van der Waals surface area contributed by atoms with E-state index in [9.17, 15) is 14.3 Å². The molecule has 1 aromatic heterocycles. The van der Waals surface area contributed by atoms with Gasteiger partial charge in [-0.1, -0.05) is 42.0 Å². The van der Waals surface area contributed by atoms with Crippen LogP contribution in [0.2, 0.25) is 0 Å². The minimum absolute atomic E-state index is 0.0224. The number of fused-ring (bicyclic) bond motifs is 1. The summed E-state index contributed by atoms with van der Waals surface area (Å²) in [4.78, 5) is 22.1. The molecular formula is C19H19O4P. The fourth-order valence-electron chi connectivity index (χ4n) is 2.77. The summed E-state index contributed by atoms with van der Waals surface area (Å²) in [6.07, 6.45) is 0.697. The summed E-state index contributed by atoms with van der Waals surface area (Å²) < 4.78 is 17.8. The van der Waals surface area contributed by atoms with Gasteiger partial charge in [0.15, 0.2) is 0 Å². The molecule has 0 bridgehead atoms. The molecule has 0 saturated heterocycles. The van der Waals surface area contributed by atoms with E-state index in [1.54, 1.807) is 6.07 Å². The zero-order valence-electron chi connectivity index (χ0n) is 13.4. The molecule has 1 atom stereocenters. The largest absolute Gasteiger partial charge is 0.423 e. The topological polar surface area (TPSA) is 67.5 Å². The summed E-state index contributed by atoms with van der Waals surface area (Å²) in [6, 6.07) is 16.4. The van der Waals surface area contributed by atoms with Crippen molar-refractivity contribution in [3.8, 4) is 0 Å². The lowest BCUT2D eigenvalue weighted by molar-refractivity contribution is 0.476. The molecule has 0 radical (unpaired) electrons. The third-order valence-corrected chi connectivity index (χ3v) is 5.75. The van der Waals surface area contributed by atoms with E-state index >= 15 is 0 Å². The normalized spacial score (nSPS) is 13.8. The molecule has 0 aliphatic heterocycles. The molecule has 124 valence electrons. The Labute approximate surface area is 140 Å². The van der Waals surface area contributed by atoms with Gasteiger partial charge in [-0.05, 0) is 36.6 Å². The highest BCUT2D eigenvalue weighted by molar-refractivity contribution is 7.57. The van der Waals surface area contributed by atoms with Crippen LogP contribution < -0.4 is 5.63 Å². The Hall–Kier alpha value is -2.16. The summed E-state index contributed by atoms with van der Waals surface area (Å²) in [7, 11) is -3.40. The third kappa shape index (κ3) is 4.02. The van der Waals surface area contributed by atoms with E-state index in [0.717, 1.165) is 16.5 Å². The molecule has 0 spiro atoms. The molecule has 0 aliphatic carbocycles. The minimum Gasteiger partial charge on any atom is -0.423 e. The van der Waals surface area contributed by atoms with Crippen LogP contribution in [0.1, 0.15) is 16.7 Å². The summed E-state index contributed by atoms with van der Waals surface area (Å²) in [5, 5.41) is 0.726. The van der Waals surface area contributed by atoms with Crippen molar-refractivity contribution in [1.29, 1.82) is 0 Å². The quantitative estimate of drug-likeness (QED) is 0.559. The van der Waals surface area contributed by atoms with E-state index in [0.29, 0.717) is 17.6 Å². The van der Waals surface area contributed by atoms with Gasteiger partial charge in [0.25, 0.3) is 0 Å². The first-order valence-electron chi connectivity index (χ1n) is 7.81. The monoisotopic (exact) mass is 342 g/mol. The second-order valence-corrected chi connectivity index (χ2v) is 8.51. The van der Waals surface area contributed by atoms with Gasteiger partial charge in [-0.15, -0.1) is 0 Å². The van der Waals surface area contributed by atoms with Crippen LogP contribution in [0.15, 0.2) is 63.8 Å². The van der Waals surface area contributed by atoms with Gasteiger partial charge in [0.2, 0.25) is 7.37 Å². The molecule has 24 heavy (non-hydrogen) atoms. The maximum atomic E-state index is 12.6. The van der Waals surface area contributed by atoms with Crippen molar-refractivity contribution in [1.82, 2.24) is 0 Å². The molecule has 1 unspecified atom stereocenters. The standard InChI is InChI=1S/C19H19O4P/c1-14-7-8-18-17(11-14)16(12-19(20)23-18)13-24(21,22)10-9-15-5-3-2-4-6-15/h2-8,11-12H,9-10,13H2,1H3,(H,21,22). The molecule has 4 nitrogen and oxygen atoms in total. The molecule has 0 fully saturated rings. The van der Waals surface area contributed by atoms with Gasteiger partial charge in [0.1, 0.15) is 5.58 Å². The van der Waals surface area contributed by atoms with Crippen LogP contribution >= 0.6 is 7.37 Å². The molecule has 0 saturated carbocycles. The van der Waals surface area contributed by atoms with Crippen LogP contribution in [-0.4, -0.2) is 11.1 Å². The number of hydrogen-bond acceptors (Lipinski definition) is 3. The van der Waals surface area contributed by atoms with Crippen molar-refractivity contribution in [2.24, 2.45) is 0 Å². The Balaban J connectivity index is 1.86. The lowest BCUT2D eigenvalue weighted by Gasteiger charge is -2.13. The molecule has 1 heterocycles. The Bertz CT molecular complexity index is 960. The third-order valence-electron chi connectivity index (χ3n) is 3.99. The number of benzene rings is 2. The van der Waals surface area contributed by atoms with Gasteiger partial charge >= 0.3 is 5.63 Å². The lowest BCUT2D eigenvalue weighted by Crippen LogP contribution is -2.03. The molecular weight excluding hydrogens is 323 g/mol. The van der Waals surface area contributed by atoms with E-state index < -0.39 is 13.0 Å². The van der Waals surface area contributed by atoms with Crippen molar-refractivity contribution in [3.63, 3.8) is 0 Å². The Morgan fingerprint density at radius 1 is 1.08 bits per heavy atom. The van der Waals surface area contributed by atoms with Crippen LogP contribution in [0, 0.1) is 6.92 Å². The fraction of sp³-hybridized carbons (Fsp3) is 0.211. The Morgan fingerprint density at radius 3 is 2.58 bits per heavy atom. The van der Waals surface area contributed by atoms with Crippen molar-refractivity contribution in [3.05, 3.63) is 81.7 Å². The van der Waals surface area contributed by atoms with Crippen LogP contribution in [-0.2, 0) is 17.1 Å². The predicted molar refractivity (Wildman–Crippen MR) is 95.8 cm³/mol. The Kier molecular flexibility index (Phi) is 4.70. The lowest BCUT2D eigenvalue weighted by atomic mass is 10.1. The van der Waals surface area contributed by atoms with Gasteiger partial charge in [0.05, 0.1) is 6.16 Å². The van der Waals surface area contributed by atoms with E-state index in [2.05, 4.69) is 0 Å². The van der Waals surface area contributed by atoms with Gasteiger partial charge < -0.3 is 9.31 Å². The van der Waals surface area contributed by atoms with E-state index in [4.69, 9.17) is 4.42 Å². The highest BCUT2D eigenvalue weighted by Crippen LogP contribution is 2.45. The average molecular weight is 342 g/mol. The molecule has 5 heteroatoms. The predicted octanol–water partition coefficient (Wildman–Crippen LogP) is 4.11. The van der Waals surface area contributed by atoms with Crippen LogP contribution in [0.4, 0.5) is 0 Å². The highest BCUT2D eigenvalue weighted by Gasteiger charge is 2.21. The van der Waals surface area contributed by atoms with Crippen LogP contribution in [0.25, 0.3) is 11.0 Å². The summed E-state index contributed by atoms with van der Waals surface area (Å²) >= 11 is 0. The number of aryl methyl sites for hydroxylation is 2. The first kappa shape index (κ1) is 16.7. The molecule has 0 aliphatic rings. The number of hydrogen-bond donors (Lipinski definition) is 1. The second-order valence-electron chi connectivity index (χ2n) is 6.05. The molecule has 2 aromatic carbocycles. The number of rotatable bonds is 5. The molecule has 0 amide bonds. The second kappa shape index (κ2) is 6.76. The fourth-order valence-corrected chi connectivity index (χ4v) is 4.33. The Morgan fingerprint density at radius 2 is 1.83 bits per heavy atom. The zero-order valence-corrected chi connectivity index (χ0v) is 14.3. The first-order chi connectivity index (χ1) is 11.4. The van der Waals surface area contributed by atoms with Gasteiger partial charge in [-0.2, -0.15) is 0 Å². The van der Waals surface area contributed by atoms with Gasteiger partial charge in [-0.3, -0.25) is 4.57 Å². The minimum atomic E-state index is -3.40. The van der Waals surface area contributed by atoms with E-state index in [-0.39, 0.29) is 12.3 Å². The van der Waals surface area contributed by atoms with Crippen molar-refractivity contribution < 1.29 is 13.9 Å². The zero-order chi connectivity index (χ0) is 17.2. The van der Waals surface area contributed by atoms with E-state index in [1.807, 2.05) is 49.4 Å². The van der Waals surface area contributed by atoms with Crippen LogP contribution in [0.3, 0.4) is 0 Å². The maximum absolute atomic E-state index is 12.6. The molecule has 1 N–H and O–H groups in total. The SMILES string of the molecule is Cc1ccc2oc(=O)cc(CP(=O)(O)CCc3ccccc3)c2c1. The van der Waals surface area contributed by atoms with Gasteiger partial charge in [-0.25, -0.2) is 4.79 Å². The first-order valence-corrected chi connectivity index (χ1v) is 9.84. The summed E-state index contributed by atoms with van der Waals surface area (Å²) in [5.74, 6) is 0. The maximum Gasteiger partial charge on any atom is 0.336 e. The highest BCUT2D eigenvalue weighted by atomic mass is 31.2. The average Bonchev–Trinajstić information content (AvgIpc) is 2.54. The van der Waals surface area contributed by atoms with Crippen LogP contribution in [0.5, 0.6) is 0 Å². The van der Waals surface area contributed by atoms with Crippen molar-refractivity contribution in [2.45, 2.75) is 19.5 Å². The smallest absolute Gasteiger partial charge is 0.336 e.